The van der Waals surface area contributed by atoms with Gasteiger partial charge in [0.05, 0.1) is 4.90 Å². The monoisotopic (exact) mass is 298 g/mol. The summed E-state index contributed by atoms with van der Waals surface area (Å²) in [6.07, 6.45) is 2.35. The average molecular weight is 298 g/mol. The van der Waals surface area contributed by atoms with Crippen LogP contribution in [0, 0.1) is 12.8 Å². The third-order valence-electron chi connectivity index (χ3n) is 3.11. The number of sulfonamides is 1. The summed E-state index contributed by atoms with van der Waals surface area (Å²) in [6, 6.07) is 4.41. The molecule has 2 rings (SSSR count). The lowest BCUT2D eigenvalue weighted by atomic mass is 10.2. The van der Waals surface area contributed by atoms with Crippen LogP contribution in [0.4, 0.5) is 0 Å². The summed E-state index contributed by atoms with van der Waals surface area (Å²) in [7, 11) is -3.73. The van der Waals surface area contributed by atoms with Crippen LogP contribution in [0.15, 0.2) is 23.1 Å². The van der Waals surface area contributed by atoms with Crippen LogP contribution in [0.1, 0.15) is 18.4 Å². The first-order valence-corrected chi connectivity index (χ1v) is 7.94. The molecule has 0 unspecified atom stereocenters. The van der Waals surface area contributed by atoms with Crippen LogP contribution in [-0.4, -0.2) is 27.5 Å². The summed E-state index contributed by atoms with van der Waals surface area (Å²) in [5.74, 6) is 0.886. The quantitative estimate of drug-likeness (QED) is 0.801. The Kier molecular flexibility index (Phi) is 4.29. The Bertz CT molecular complexity index is 609. The number of rotatable bonds is 6. The first-order chi connectivity index (χ1) is 9.36. The van der Waals surface area contributed by atoms with Gasteiger partial charge in [-0.15, -0.1) is 0 Å². The van der Waals surface area contributed by atoms with Gasteiger partial charge in [-0.2, -0.15) is 0 Å². The van der Waals surface area contributed by atoms with Gasteiger partial charge in [-0.1, -0.05) is 0 Å². The number of hydrogen-bond acceptors (Lipinski definition) is 4. The maximum Gasteiger partial charge on any atom is 0.257 e. The molecular weight excluding hydrogens is 280 g/mol. The Morgan fingerprint density at radius 1 is 1.45 bits per heavy atom. The molecule has 0 saturated heterocycles. The summed E-state index contributed by atoms with van der Waals surface area (Å²) >= 11 is 0. The van der Waals surface area contributed by atoms with E-state index in [2.05, 4.69) is 5.32 Å². The maximum absolute atomic E-state index is 11.5. The van der Waals surface area contributed by atoms with E-state index in [0.29, 0.717) is 23.8 Å². The van der Waals surface area contributed by atoms with Gasteiger partial charge in [0, 0.05) is 6.54 Å². The summed E-state index contributed by atoms with van der Waals surface area (Å²) < 4.78 is 27.8. The van der Waals surface area contributed by atoms with E-state index in [1.165, 1.54) is 25.0 Å². The van der Waals surface area contributed by atoms with Gasteiger partial charge in [0.25, 0.3) is 5.91 Å². The predicted molar refractivity (Wildman–Crippen MR) is 73.8 cm³/mol. The van der Waals surface area contributed by atoms with E-state index in [-0.39, 0.29) is 17.4 Å². The minimum Gasteiger partial charge on any atom is -0.484 e. The number of aryl methyl sites for hydroxylation is 1. The zero-order valence-corrected chi connectivity index (χ0v) is 12.1. The molecule has 0 aromatic heterocycles. The van der Waals surface area contributed by atoms with Crippen molar-refractivity contribution < 1.29 is 17.9 Å². The van der Waals surface area contributed by atoms with Crippen LogP contribution in [0.5, 0.6) is 5.75 Å². The molecule has 0 aliphatic heterocycles. The van der Waals surface area contributed by atoms with Crippen LogP contribution in [-0.2, 0) is 14.8 Å². The topological polar surface area (TPSA) is 98.5 Å². The number of nitrogens with two attached hydrogens (primary N) is 1. The molecule has 1 aliphatic rings. The van der Waals surface area contributed by atoms with Gasteiger partial charge in [0.15, 0.2) is 6.61 Å². The Balaban J connectivity index is 1.89. The highest BCUT2D eigenvalue weighted by atomic mass is 32.2. The van der Waals surface area contributed by atoms with Crippen molar-refractivity contribution in [2.24, 2.45) is 11.1 Å². The molecule has 0 radical (unpaired) electrons. The molecule has 0 heterocycles. The molecule has 0 atom stereocenters. The predicted octanol–water partition coefficient (Wildman–Crippen LogP) is 0.547. The minimum atomic E-state index is -3.73. The second kappa shape index (κ2) is 5.80. The lowest BCUT2D eigenvalue weighted by molar-refractivity contribution is -0.123. The Hall–Kier alpha value is -1.60. The van der Waals surface area contributed by atoms with Crippen molar-refractivity contribution in [3.05, 3.63) is 23.8 Å². The van der Waals surface area contributed by atoms with Gasteiger partial charge >= 0.3 is 0 Å². The summed E-state index contributed by atoms with van der Waals surface area (Å²) in [4.78, 5) is 11.6. The molecule has 1 aliphatic carbocycles. The number of carbonyl (C=O) groups is 1. The van der Waals surface area contributed by atoms with Crippen molar-refractivity contribution in [2.45, 2.75) is 24.7 Å². The molecule has 1 amide bonds. The van der Waals surface area contributed by atoms with Crippen molar-refractivity contribution in [3.8, 4) is 5.75 Å². The summed E-state index contributed by atoms with van der Waals surface area (Å²) in [5.41, 5.74) is 0.489. The van der Waals surface area contributed by atoms with Gasteiger partial charge in [-0.05, 0) is 49.4 Å². The molecule has 3 N–H and O–H groups in total. The first kappa shape index (κ1) is 14.8. The van der Waals surface area contributed by atoms with E-state index < -0.39 is 10.0 Å². The maximum atomic E-state index is 11.5. The fraction of sp³-hybridized carbons (Fsp3) is 0.462. The third kappa shape index (κ3) is 4.21. The Morgan fingerprint density at radius 2 is 2.15 bits per heavy atom. The van der Waals surface area contributed by atoms with Crippen LogP contribution >= 0.6 is 0 Å². The second-order valence-electron chi connectivity index (χ2n) is 5.01. The molecule has 1 saturated carbocycles. The fourth-order valence-electron chi connectivity index (χ4n) is 1.81. The van der Waals surface area contributed by atoms with Crippen LogP contribution in [0.3, 0.4) is 0 Å². The normalized spacial score (nSPS) is 14.9. The van der Waals surface area contributed by atoms with E-state index in [1.807, 2.05) is 0 Å². The second-order valence-corrected chi connectivity index (χ2v) is 6.54. The minimum absolute atomic E-state index is 0.0584. The van der Waals surface area contributed by atoms with Crippen molar-refractivity contribution in [1.82, 2.24) is 5.32 Å². The standard InChI is InChI=1S/C13H18N2O4S/c1-9-6-11(4-5-12(9)20(14,17)18)19-8-13(16)15-7-10-2-3-10/h4-6,10H,2-3,7-8H2,1H3,(H,15,16)(H2,14,17,18). The lowest BCUT2D eigenvalue weighted by Gasteiger charge is -2.09. The molecule has 110 valence electrons. The highest BCUT2D eigenvalue weighted by Crippen LogP contribution is 2.27. The SMILES string of the molecule is Cc1cc(OCC(=O)NCC2CC2)ccc1S(N)(=O)=O. The van der Waals surface area contributed by atoms with Crippen molar-refractivity contribution in [3.63, 3.8) is 0 Å². The largest absolute Gasteiger partial charge is 0.484 e. The summed E-state index contributed by atoms with van der Waals surface area (Å²) in [5, 5.41) is 7.86. The van der Waals surface area contributed by atoms with Crippen molar-refractivity contribution >= 4 is 15.9 Å². The number of nitrogens with one attached hydrogen (secondary N) is 1. The van der Waals surface area contributed by atoms with Crippen LogP contribution in [0.2, 0.25) is 0 Å². The number of benzene rings is 1. The molecule has 1 aromatic rings. The third-order valence-corrected chi connectivity index (χ3v) is 4.18. The van der Waals surface area contributed by atoms with Gasteiger partial charge in [0.1, 0.15) is 5.75 Å². The van der Waals surface area contributed by atoms with Crippen molar-refractivity contribution in [1.29, 1.82) is 0 Å². The van der Waals surface area contributed by atoms with Gasteiger partial charge in [-0.3, -0.25) is 4.79 Å². The average Bonchev–Trinajstić information content (AvgIpc) is 3.16. The highest BCUT2D eigenvalue weighted by Gasteiger charge is 2.21. The molecule has 6 nitrogen and oxygen atoms in total. The molecule has 7 heteroatoms. The first-order valence-electron chi connectivity index (χ1n) is 6.39. The van der Waals surface area contributed by atoms with Gasteiger partial charge < -0.3 is 10.1 Å². The molecule has 20 heavy (non-hydrogen) atoms. The van der Waals surface area contributed by atoms with E-state index in [0.717, 1.165) is 0 Å². The number of primary sulfonamides is 1. The molecule has 1 fully saturated rings. The highest BCUT2D eigenvalue weighted by molar-refractivity contribution is 7.89. The van der Waals surface area contributed by atoms with Crippen molar-refractivity contribution in [2.75, 3.05) is 13.2 Å². The molecular formula is C13H18N2O4S. The Labute approximate surface area is 118 Å². The van der Waals surface area contributed by atoms with E-state index in [4.69, 9.17) is 9.88 Å². The zero-order valence-electron chi connectivity index (χ0n) is 11.3. The molecule has 1 aromatic carbocycles. The number of carbonyl (C=O) groups excluding carboxylic acids is 1. The smallest absolute Gasteiger partial charge is 0.257 e. The number of amides is 1. The van der Waals surface area contributed by atoms with E-state index >= 15 is 0 Å². The van der Waals surface area contributed by atoms with Gasteiger partial charge in [0.2, 0.25) is 10.0 Å². The Morgan fingerprint density at radius 3 is 2.70 bits per heavy atom. The van der Waals surface area contributed by atoms with Crippen LogP contribution < -0.4 is 15.2 Å². The van der Waals surface area contributed by atoms with E-state index in [9.17, 15) is 13.2 Å². The fourth-order valence-corrected chi connectivity index (χ4v) is 2.58. The summed E-state index contributed by atoms with van der Waals surface area (Å²) in [6.45, 7) is 2.24. The lowest BCUT2D eigenvalue weighted by Crippen LogP contribution is -2.30. The number of ether oxygens (including phenoxy) is 1. The van der Waals surface area contributed by atoms with E-state index in [1.54, 1.807) is 13.0 Å². The zero-order chi connectivity index (χ0) is 14.8. The molecule has 0 spiro atoms. The van der Waals surface area contributed by atoms with Gasteiger partial charge in [-0.25, -0.2) is 13.6 Å². The number of hydrogen-bond donors (Lipinski definition) is 2. The van der Waals surface area contributed by atoms with Crippen LogP contribution in [0.25, 0.3) is 0 Å². The molecule has 0 bridgehead atoms.